The Labute approximate surface area is 127 Å². The standard InChI is InChI=1S/C14H18BrClO3/c1-17-11-4-3-10(14(18-2)13(11)16)12(15)9-5-7-19-8-6-9/h3-4,9,12H,5-8H2,1-2H3. The van der Waals surface area contributed by atoms with Crippen LogP contribution in [0.1, 0.15) is 23.2 Å². The van der Waals surface area contributed by atoms with E-state index in [1.807, 2.05) is 12.1 Å². The molecule has 1 aromatic rings. The number of rotatable bonds is 4. The van der Waals surface area contributed by atoms with Crippen molar-refractivity contribution in [3.63, 3.8) is 0 Å². The summed E-state index contributed by atoms with van der Waals surface area (Å²) >= 11 is 10.1. The van der Waals surface area contributed by atoms with Crippen molar-refractivity contribution in [2.45, 2.75) is 17.7 Å². The lowest BCUT2D eigenvalue weighted by Crippen LogP contribution is -2.19. The van der Waals surface area contributed by atoms with Gasteiger partial charge in [-0.1, -0.05) is 33.6 Å². The molecule has 0 N–H and O–H groups in total. The van der Waals surface area contributed by atoms with E-state index in [-0.39, 0.29) is 4.83 Å². The highest BCUT2D eigenvalue weighted by atomic mass is 79.9. The Kier molecular flexibility index (Phi) is 5.37. The zero-order chi connectivity index (χ0) is 13.8. The average molecular weight is 350 g/mol. The second-order valence-electron chi connectivity index (χ2n) is 4.56. The molecule has 0 spiro atoms. The highest BCUT2D eigenvalue weighted by Crippen LogP contribution is 2.46. The van der Waals surface area contributed by atoms with E-state index in [0.717, 1.165) is 31.6 Å². The number of halogens is 2. The smallest absolute Gasteiger partial charge is 0.145 e. The largest absolute Gasteiger partial charge is 0.495 e. The normalized spacial score (nSPS) is 18.1. The van der Waals surface area contributed by atoms with Gasteiger partial charge >= 0.3 is 0 Å². The van der Waals surface area contributed by atoms with Gasteiger partial charge in [-0.3, -0.25) is 0 Å². The highest BCUT2D eigenvalue weighted by molar-refractivity contribution is 9.09. The Morgan fingerprint density at radius 3 is 2.53 bits per heavy atom. The van der Waals surface area contributed by atoms with Crippen LogP contribution in [0.3, 0.4) is 0 Å². The molecule has 0 aromatic heterocycles. The Balaban J connectivity index is 2.30. The van der Waals surface area contributed by atoms with E-state index < -0.39 is 0 Å². The minimum absolute atomic E-state index is 0.217. The fourth-order valence-corrected chi connectivity index (χ4v) is 3.61. The van der Waals surface area contributed by atoms with E-state index in [1.54, 1.807) is 14.2 Å². The molecule has 3 nitrogen and oxygen atoms in total. The summed E-state index contributed by atoms with van der Waals surface area (Å²) < 4.78 is 16.1. The molecule has 0 radical (unpaired) electrons. The van der Waals surface area contributed by atoms with Gasteiger partial charge in [0.25, 0.3) is 0 Å². The molecular weight excluding hydrogens is 332 g/mol. The summed E-state index contributed by atoms with van der Waals surface area (Å²) in [6.45, 7) is 1.64. The van der Waals surface area contributed by atoms with E-state index in [1.165, 1.54) is 0 Å². The maximum atomic E-state index is 6.30. The van der Waals surface area contributed by atoms with Gasteiger partial charge in [0.1, 0.15) is 16.5 Å². The summed E-state index contributed by atoms with van der Waals surface area (Å²) in [6.07, 6.45) is 2.09. The van der Waals surface area contributed by atoms with Crippen LogP contribution in [0.15, 0.2) is 12.1 Å². The third-order valence-electron chi connectivity index (χ3n) is 3.49. The SMILES string of the molecule is COc1ccc(C(Br)C2CCOCC2)c(OC)c1Cl. The lowest BCUT2D eigenvalue weighted by molar-refractivity contribution is 0.0660. The van der Waals surface area contributed by atoms with Crippen LogP contribution in [-0.2, 0) is 4.74 Å². The fraction of sp³-hybridized carbons (Fsp3) is 0.571. The molecule has 19 heavy (non-hydrogen) atoms. The van der Waals surface area contributed by atoms with Crippen LogP contribution in [-0.4, -0.2) is 27.4 Å². The molecule has 0 bridgehead atoms. The molecule has 0 saturated carbocycles. The first kappa shape index (κ1) is 14.9. The lowest BCUT2D eigenvalue weighted by Gasteiger charge is -2.28. The summed E-state index contributed by atoms with van der Waals surface area (Å²) in [6, 6.07) is 3.90. The highest BCUT2D eigenvalue weighted by Gasteiger charge is 2.27. The first-order chi connectivity index (χ1) is 9.19. The Bertz CT molecular complexity index is 433. The van der Waals surface area contributed by atoms with E-state index in [0.29, 0.717) is 22.4 Å². The van der Waals surface area contributed by atoms with Crippen LogP contribution in [0.4, 0.5) is 0 Å². The van der Waals surface area contributed by atoms with Gasteiger partial charge in [-0.05, 0) is 24.8 Å². The van der Waals surface area contributed by atoms with Crippen LogP contribution in [0.25, 0.3) is 0 Å². The number of benzene rings is 1. The lowest BCUT2D eigenvalue weighted by atomic mass is 9.92. The summed E-state index contributed by atoms with van der Waals surface area (Å²) in [5.74, 6) is 1.86. The van der Waals surface area contributed by atoms with Gasteiger partial charge in [-0.25, -0.2) is 0 Å². The molecule has 1 atom stereocenters. The van der Waals surface area contributed by atoms with Gasteiger partial charge in [0.05, 0.1) is 14.2 Å². The van der Waals surface area contributed by atoms with Crippen LogP contribution < -0.4 is 9.47 Å². The number of methoxy groups -OCH3 is 2. The predicted molar refractivity (Wildman–Crippen MR) is 79.8 cm³/mol. The van der Waals surface area contributed by atoms with E-state index in [4.69, 9.17) is 25.8 Å². The number of hydrogen-bond acceptors (Lipinski definition) is 3. The van der Waals surface area contributed by atoms with Gasteiger partial charge in [0.15, 0.2) is 0 Å². The fourth-order valence-electron chi connectivity index (χ4n) is 2.40. The Morgan fingerprint density at radius 2 is 1.95 bits per heavy atom. The molecule has 1 fully saturated rings. The minimum atomic E-state index is 0.217. The molecule has 1 saturated heterocycles. The van der Waals surface area contributed by atoms with Crippen LogP contribution >= 0.6 is 27.5 Å². The van der Waals surface area contributed by atoms with E-state index in [9.17, 15) is 0 Å². The molecule has 0 aliphatic carbocycles. The first-order valence-electron chi connectivity index (χ1n) is 6.31. The zero-order valence-corrected chi connectivity index (χ0v) is 13.5. The topological polar surface area (TPSA) is 27.7 Å². The first-order valence-corrected chi connectivity index (χ1v) is 7.60. The third kappa shape index (κ3) is 3.18. The molecule has 1 aliphatic heterocycles. The van der Waals surface area contributed by atoms with Crippen molar-refractivity contribution in [3.05, 3.63) is 22.7 Å². The molecule has 1 heterocycles. The van der Waals surface area contributed by atoms with Gasteiger partial charge in [-0.15, -0.1) is 0 Å². The average Bonchev–Trinajstić information content (AvgIpc) is 2.47. The maximum Gasteiger partial charge on any atom is 0.145 e. The molecule has 1 aromatic carbocycles. The van der Waals surface area contributed by atoms with Crippen molar-refractivity contribution in [3.8, 4) is 11.5 Å². The number of hydrogen-bond donors (Lipinski definition) is 0. The van der Waals surface area contributed by atoms with Crippen molar-refractivity contribution in [2.75, 3.05) is 27.4 Å². The molecule has 1 aliphatic rings. The van der Waals surface area contributed by atoms with Crippen LogP contribution in [0, 0.1) is 5.92 Å². The van der Waals surface area contributed by atoms with Gasteiger partial charge in [0, 0.05) is 23.6 Å². The number of ether oxygens (including phenoxy) is 3. The Hall–Kier alpha value is -0.450. The summed E-state index contributed by atoms with van der Waals surface area (Å²) in [4.78, 5) is 0.217. The van der Waals surface area contributed by atoms with E-state index in [2.05, 4.69) is 15.9 Å². The molecule has 5 heteroatoms. The Morgan fingerprint density at radius 1 is 1.26 bits per heavy atom. The summed E-state index contributed by atoms with van der Waals surface area (Å²) in [5.41, 5.74) is 1.07. The van der Waals surface area contributed by atoms with Crippen LogP contribution in [0.5, 0.6) is 11.5 Å². The maximum absolute atomic E-state index is 6.30. The van der Waals surface area contributed by atoms with Gasteiger partial charge in [0.2, 0.25) is 0 Å². The second-order valence-corrected chi connectivity index (χ2v) is 5.92. The predicted octanol–water partition coefficient (Wildman–Crippen LogP) is 4.22. The zero-order valence-electron chi connectivity index (χ0n) is 11.1. The van der Waals surface area contributed by atoms with Crippen molar-refractivity contribution in [1.29, 1.82) is 0 Å². The van der Waals surface area contributed by atoms with Crippen LogP contribution in [0.2, 0.25) is 5.02 Å². The van der Waals surface area contributed by atoms with Gasteiger partial charge in [-0.2, -0.15) is 0 Å². The monoisotopic (exact) mass is 348 g/mol. The summed E-state index contributed by atoms with van der Waals surface area (Å²) in [7, 11) is 3.23. The number of alkyl halides is 1. The van der Waals surface area contributed by atoms with Crippen molar-refractivity contribution in [1.82, 2.24) is 0 Å². The molecule has 2 rings (SSSR count). The van der Waals surface area contributed by atoms with Crippen molar-refractivity contribution < 1.29 is 14.2 Å². The second kappa shape index (κ2) is 6.82. The molecular formula is C14H18BrClO3. The minimum Gasteiger partial charge on any atom is -0.495 e. The molecule has 1 unspecified atom stereocenters. The molecule has 0 amide bonds. The molecule has 106 valence electrons. The van der Waals surface area contributed by atoms with Gasteiger partial charge < -0.3 is 14.2 Å². The summed E-state index contributed by atoms with van der Waals surface area (Å²) in [5, 5.41) is 0.527. The van der Waals surface area contributed by atoms with Crippen molar-refractivity contribution in [2.24, 2.45) is 5.92 Å². The quantitative estimate of drug-likeness (QED) is 0.762. The third-order valence-corrected chi connectivity index (χ3v) is 5.09. The van der Waals surface area contributed by atoms with Crippen molar-refractivity contribution >= 4 is 27.5 Å². The van der Waals surface area contributed by atoms with E-state index >= 15 is 0 Å².